The van der Waals surface area contributed by atoms with Crippen LogP contribution >= 0.6 is 0 Å². The van der Waals surface area contributed by atoms with E-state index in [4.69, 9.17) is 9.88 Å². The van der Waals surface area contributed by atoms with Crippen LogP contribution in [0.3, 0.4) is 0 Å². The lowest BCUT2D eigenvalue weighted by molar-refractivity contribution is 0.414. The van der Waals surface area contributed by atoms with Crippen LogP contribution in [0, 0.1) is 0 Å². The summed E-state index contributed by atoms with van der Waals surface area (Å²) in [6.07, 6.45) is 0. The van der Waals surface area contributed by atoms with Crippen LogP contribution in [0.15, 0.2) is 24.3 Å². The third-order valence-electron chi connectivity index (χ3n) is 2.17. The molecule has 0 spiro atoms. The Kier molecular flexibility index (Phi) is 3.71. The Labute approximate surface area is 90.1 Å². The van der Waals surface area contributed by atoms with Crippen molar-refractivity contribution in [1.29, 1.82) is 0 Å². The SMILES string of the molecule is COc1ccc(C(C)CS(N)(=O)=O)cc1. The Morgan fingerprint density at radius 2 is 1.87 bits per heavy atom. The van der Waals surface area contributed by atoms with Crippen molar-refractivity contribution in [2.24, 2.45) is 5.14 Å². The van der Waals surface area contributed by atoms with Crippen molar-refractivity contribution < 1.29 is 13.2 Å². The summed E-state index contributed by atoms with van der Waals surface area (Å²) in [5, 5.41) is 4.98. The molecule has 0 aliphatic carbocycles. The molecule has 1 unspecified atom stereocenters. The van der Waals surface area contributed by atoms with E-state index in [-0.39, 0.29) is 11.7 Å². The lowest BCUT2D eigenvalue weighted by atomic mass is 10.0. The highest BCUT2D eigenvalue weighted by Gasteiger charge is 2.12. The van der Waals surface area contributed by atoms with Gasteiger partial charge in [-0.15, -0.1) is 0 Å². The van der Waals surface area contributed by atoms with Crippen LogP contribution in [0.1, 0.15) is 18.4 Å². The maximum absolute atomic E-state index is 10.9. The summed E-state index contributed by atoms with van der Waals surface area (Å²) in [6, 6.07) is 7.29. The molecule has 5 heteroatoms. The summed E-state index contributed by atoms with van der Waals surface area (Å²) in [4.78, 5) is 0. The van der Waals surface area contributed by atoms with E-state index in [1.54, 1.807) is 19.2 Å². The molecule has 0 radical (unpaired) electrons. The molecule has 0 aromatic heterocycles. The van der Waals surface area contributed by atoms with Gasteiger partial charge in [0.15, 0.2) is 0 Å². The molecule has 0 saturated heterocycles. The van der Waals surface area contributed by atoms with E-state index in [0.717, 1.165) is 11.3 Å². The molecule has 0 bridgehead atoms. The summed E-state index contributed by atoms with van der Waals surface area (Å²) >= 11 is 0. The van der Waals surface area contributed by atoms with Crippen molar-refractivity contribution in [3.63, 3.8) is 0 Å². The number of ether oxygens (including phenoxy) is 1. The van der Waals surface area contributed by atoms with Crippen LogP contribution < -0.4 is 9.88 Å². The first-order valence-corrected chi connectivity index (χ1v) is 6.28. The first-order chi connectivity index (χ1) is 6.92. The molecule has 0 saturated carbocycles. The molecule has 1 atom stereocenters. The quantitative estimate of drug-likeness (QED) is 0.840. The number of hydrogen-bond acceptors (Lipinski definition) is 3. The lowest BCUT2D eigenvalue weighted by Crippen LogP contribution is -2.20. The molecule has 15 heavy (non-hydrogen) atoms. The molecule has 4 nitrogen and oxygen atoms in total. The van der Waals surface area contributed by atoms with E-state index in [0.29, 0.717) is 0 Å². The molecular formula is C10H15NO3S. The van der Waals surface area contributed by atoms with Gasteiger partial charge in [-0.3, -0.25) is 0 Å². The topological polar surface area (TPSA) is 69.4 Å². The molecule has 1 rings (SSSR count). The molecule has 0 fully saturated rings. The minimum Gasteiger partial charge on any atom is -0.497 e. The summed E-state index contributed by atoms with van der Waals surface area (Å²) in [5.74, 6) is 0.603. The molecule has 1 aromatic rings. The maximum Gasteiger partial charge on any atom is 0.209 e. The van der Waals surface area contributed by atoms with E-state index >= 15 is 0 Å². The number of primary sulfonamides is 1. The van der Waals surface area contributed by atoms with E-state index in [9.17, 15) is 8.42 Å². The van der Waals surface area contributed by atoms with Gasteiger partial charge in [0, 0.05) is 0 Å². The van der Waals surface area contributed by atoms with E-state index in [1.165, 1.54) is 0 Å². The van der Waals surface area contributed by atoms with Crippen LogP contribution in [-0.2, 0) is 10.0 Å². The standard InChI is InChI=1S/C10H15NO3S/c1-8(7-15(11,12)13)9-3-5-10(14-2)6-4-9/h3-6,8H,7H2,1-2H3,(H2,11,12,13). The zero-order valence-electron chi connectivity index (χ0n) is 8.80. The second-order valence-electron chi connectivity index (χ2n) is 3.50. The minimum atomic E-state index is -3.42. The molecule has 0 amide bonds. The van der Waals surface area contributed by atoms with Crippen LogP contribution in [-0.4, -0.2) is 21.3 Å². The first kappa shape index (κ1) is 12.0. The molecule has 2 N–H and O–H groups in total. The van der Waals surface area contributed by atoms with Gasteiger partial charge >= 0.3 is 0 Å². The Balaban J connectivity index is 2.78. The molecular weight excluding hydrogens is 214 g/mol. The Bertz CT molecular complexity index is 411. The number of hydrogen-bond donors (Lipinski definition) is 1. The van der Waals surface area contributed by atoms with Crippen molar-refractivity contribution in [1.82, 2.24) is 0 Å². The number of nitrogens with two attached hydrogens (primary N) is 1. The fourth-order valence-corrected chi connectivity index (χ4v) is 2.27. The Hall–Kier alpha value is -1.07. The van der Waals surface area contributed by atoms with Crippen molar-refractivity contribution in [2.75, 3.05) is 12.9 Å². The number of rotatable bonds is 4. The van der Waals surface area contributed by atoms with E-state index in [1.807, 2.05) is 19.1 Å². The van der Waals surface area contributed by atoms with Gasteiger partial charge in [0.2, 0.25) is 10.0 Å². The van der Waals surface area contributed by atoms with Gasteiger partial charge in [0.1, 0.15) is 5.75 Å². The van der Waals surface area contributed by atoms with Crippen LogP contribution in [0.25, 0.3) is 0 Å². The highest BCUT2D eigenvalue weighted by molar-refractivity contribution is 7.89. The monoisotopic (exact) mass is 229 g/mol. The molecule has 1 aromatic carbocycles. The van der Waals surface area contributed by atoms with Crippen molar-refractivity contribution in [3.05, 3.63) is 29.8 Å². The fraction of sp³-hybridized carbons (Fsp3) is 0.400. The predicted octanol–water partition coefficient (Wildman–Crippen LogP) is 1.09. The number of methoxy groups -OCH3 is 1. The highest BCUT2D eigenvalue weighted by Crippen LogP contribution is 2.19. The maximum atomic E-state index is 10.9. The van der Waals surface area contributed by atoms with Crippen molar-refractivity contribution >= 4 is 10.0 Å². The predicted molar refractivity (Wildman–Crippen MR) is 59.4 cm³/mol. The summed E-state index contributed by atoms with van der Waals surface area (Å²) in [5.41, 5.74) is 0.935. The average molecular weight is 229 g/mol. The van der Waals surface area contributed by atoms with Crippen LogP contribution in [0.4, 0.5) is 0 Å². The van der Waals surface area contributed by atoms with Crippen LogP contribution in [0.2, 0.25) is 0 Å². The number of benzene rings is 1. The summed E-state index contributed by atoms with van der Waals surface area (Å²) in [6.45, 7) is 1.83. The normalized spacial score (nSPS) is 13.5. The highest BCUT2D eigenvalue weighted by atomic mass is 32.2. The van der Waals surface area contributed by atoms with E-state index in [2.05, 4.69) is 0 Å². The summed E-state index contributed by atoms with van der Waals surface area (Å²) < 4.78 is 26.8. The smallest absolute Gasteiger partial charge is 0.209 e. The van der Waals surface area contributed by atoms with Gasteiger partial charge in [-0.1, -0.05) is 19.1 Å². The second-order valence-corrected chi connectivity index (χ2v) is 5.16. The Morgan fingerprint density at radius 1 is 1.33 bits per heavy atom. The zero-order valence-corrected chi connectivity index (χ0v) is 9.62. The number of sulfonamides is 1. The Morgan fingerprint density at radius 3 is 2.27 bits per heavy atom. The average Bonchev–Trinajstić information content (AvgIpc) is 2.15. The van der Waals surface area contributed by atoms with E-state index < -0.39 is 10.0 Å². The van der Waals surface area contributed by atoms with Gasteiger partial charge < -0.3 is 4.74 Å². The van der Waals surface area contributed by atoms with Gasteiger partial charge in [-0.25, -0.2) is 13.6 Å². The largest absolute Gasteiger partial charge is 0.497 e. The summed E-state index contributed by atoms with van der Waals surface area (Å²) in [7, 11) is -1.83. The second kappa shape index (κ2) is 4.63. The van der Waals surface area contributed by atoms with Gasteiger partial charge in [0.05, 0.1) is 12.9 Å². The minimum absolute atomic E-state index is 0.0423. The van der Waals surface area contributed by atoms with Crippen molar-refractivity contribution in [3.8, 4) is 5.75 Å². The third kappa shape index (κ3) is 3.89. The molecule has 0 aliphatic rings. The zero-order chi connectivity index (χ0) is 11.5. The molecule has 0 heterocycles. The fourth-order valence-electron chi connectivity index (χ4n) is 1.38. The molecule has 0 aliphatic heterocycles. The van der Waals surface area contributed by atoms with Crippen molar-refractivity contribution in [2.45, 2.75) is 12.8 Å². The van der Waals surface area contributed by atoms with Gasteiger partial charge in [0.25, 0.3) is 0 Å². The lowest BCUT2D eigenvalue weighted by Gasteiger charge is -2.10. The molecule has 84 valence electrons. The third-order valence-corrected chi connectivity index (χ3v) is 3.13. The van der Waals surface area contributed by atoms with Crippen LogP contribution in [0.5, 0.6) is 5.75 Å². The van der Waals surface area contributed by atoms with Gasteiger partial charge in [-0.05, 0) is 23.6 Å². The first-order valence-electron chi connectivity index (χ1n) is 4.57. The van der Waals surface area contributed by atoms with Gasteiger partial charge in [-0.2, -0.15) is 0 Å².